The highest BCUT2D eigenvalue weighted by atomic mass is 35.5. The van der Waals surface area contributed by atoms with Gasteiger partial charge in [0.05, 0.1) is 6.21 Å². The van der Waals surface area contributed by atoms with Crippen LogP contribution in [0.15, 0.2) is 53.9 Å². The van der Waals surface area contributed by atoms with Crippen molar-refractivity contribution >= 4 is 18.6 Å². The van der Waals surface area contributed by atoms with Crippen molar-refractivity contribution in [3.63, 3.8) is 0 Å². The van der Waals surface area contributed by atoms with Crippen LogP contribution >= 0.6 is 12.4 Å². The van der Waals surface area contributed by atoms with Crippen LogP contribution in [0.4, 0.5) is 0 Å². The van der Waals surface area contributed by atoms with E-state index < -0.39 is 0 Å². The van der Waals surface area contributed by atoms with E-state index in [2.05, 4.69) is 10.1 Å². The van der Waals surface area contributed by atoms with Gasteiger partial charge in [-0.3, -0.25) is 4.98 Å². The number of nitrogens with zero attached hydrogens (tertiary/aromatic N) is 2. The fraction of sp³-hybridized carbons (Fsp3) is 0. The Labute approximate surface area is 99.9 Å². The molecule has 16 heavy (non-hydrogen) atoms. The lowest BCUT2D eigenvalue weighted by atomic mass is 10.1. The van der Waals surface area contributed by atoms with E-state index in [1.165, 1.54) is 6.21 Å². The van der Waals surface area contributed by atoms with Crippen LogP contribution in [-0.2, 0) is 0 Å². The second-order valence-corrected chi connectivity index (χ2v) is 3.11. The highest BCUT2D eigenvalue weighted by molar-refractivity contribution is 5.85. The lowest BCUT2D eigenvalue weighted by Gasteiger charge is -2.01. The average Bonchev–Trinajstić information content (AvgIpc) is 2.31. The van der Waals surface area contributed by atoms with E-state index in [-0.39, 0.29) is 12.4 Å². The van der Waals surface area contributed by atoms with Crippen LogP contribution in [0.2, 0.25) is 0 Å². The van der Waals surface area contributed by atoms with Crippen molar-refractivity contribution in [3.05, 3.63) is 54.4 Å². The average molecular weight is 235 g/mol. The van der Waals surface area contributed by atoms with Gasteiger partial charge in [-0.2, -0.15) is 0 Å². The lowest BCUT2D eigenvalue weighted by molar-refractivity contribution is 0.322. The molecule has 2 aromatic rings. The summed E-state index contributed by atoms with van der Waals surface area (Å²) >= 11 is 0. The molecule has 0 spiro atoms. The monoisotopic (exact) mass is 234 g/mol. The standard InChI is InChI=1S/C12H10N2O.ClH/c15-14-9-10-2-1-3-12(8-10)11-4-6-13-7-5-11;/h1-9,15H;1H. The molecule has 0 atom stereocenters. The highest BCUT2D eigenvalue weighted by Crippen LogP contribution is 2.18. The Balaban J connectivity index is 0.00000128. The maximum atomic E-state index is 8.44. The molecule has 0 aliphatic carbocycles. The third kappa shape index (κ3) is 2.81. The van der Waals surface area contributed by atoms with E-state index in [1.54, 1.807) is 12.4 Å². The summed E-state index contributed by atoms with van der Waals surface area (Å²) in [6.07, 6.45) is 4.91. The summed E-state index contributed by atoms with van der Waals surface area (Å²) in [5.74, 6) is 0. The lowest BCUT2D eigenvalue weighted by Crippen LogP contribution is -1.83. The summed E-state index contributed by atoms with van der Waals surface area (Å²) in [7, 11) is 0. The molecule has 1 N–H and O–H groups in total. The number of benzene rings is 1. The molecule has 0 bridgehead atoms. The molecule has 0 fully saturated rings. The van der Waals surface area contributed by atoms with Gasteiger partial charge < -0.3 is 5.21 Å². The Hall–Kier alpha value is -1.87. The number of rotatable bonds is 2. The Kier molecular flexibility index (Phi) is 4.48. The second-order valence-electron chi connectivity index (χ2n) is 3.11. The second kappa shape index (κ2) is 5.88. The van der Waals surface area contributed by atoms with Gasteiger partial charge in [-0.1, -0.05) is 23.4 Å². The molecule has 0 saturated carbocycles. The molecule has 1 heterocycles. The molecule has 82 valence electrons. The van der Waals surface area contributed by atoms with Crippen LogP contribution in [0.1, 0.15) is 5.56 Å². The van der Waals surface area contributed by atoms with Gasteiger partial charge in [0, 0.05) is 12.4 Å². The van der Waals surface area contributed by atoms with Crippen LogP contribution in [0.25, 0.3) is 11.1 Å². The number of aromatic nitrogens is 1. The van der Waals surface area contributed by atoms with Crippen molar-refractivity contribution in [1.82, 2.24) is 4.98 Å². The summed E-state index contributed by atoms with van der Waals surface area (Å²) in [6, 6.07) is 11.6. The summed E-state index contributed by atoms with van der Waals surface area (Å²) in [5.41, 5.74) is 3.04. The van der Waals surface area contributed by atoms with E-state index in [9.17, 15) is 0 Å². The predicted molar refractivity (Wildman–Crippen MR) is 66.3 cm³/mol. The smallest absolute Gasteiger partial charge is 0.0734 e. The third-order valence-electron chi connectivity index (χ3n) is 2.11. The van der Waals surface area contributed by atoms with E-state index in [0.717, 1.165) is 16.7 Å². The quantitative estimate of drug-likeness (QED) is 0.493. The van der Waals surface area contributed by atoms with Crippen LogP contribution in [-0.4, -0.2) is 16.4 Å². The number of hydrogen-bond acceptors (Lipinski definition) is 3. The van der Waals surface area contributed by atoms with Gasteiger partial charge >= 0.3 is 0 Å². The summed E-state index contributed by atoms with van der Waals surface area (Å²) in [6.45, 7) is 0. The van der Waals surface area contributed by atoms with Crippen molar-refractivity contribution in [2.24, 2.45) is 5.16 Å². The topological polar surface area (TPSA) is 45.5 Å². The van der Waals surface area contributed by atoms with E-state index >= 15 is 0 Å². The Morgan fingerprint density at radius 2 is 1.81 bits per heavy atom. The Morgan fingerprint density at radius 3 is 2.50 bits per heavy atom. The van der Waals surface area contributed by atoms with Crippen molar-refractivity contribution < 1.29 is 5.21 Å². The molecule has 0 amide bonds. The molecule has 4 heteroatoms. The van der Waals surface area contributed by atoms with Crippen LogP contribution in [0, 0.1) is 0 Å². The zero-order chi connectivity index (χ0) is 10.5. The van der Waals surface area contributed by atoms with Gasteiger partial charge in [-0.25, -0.2) is 0 Å². The Bertz CT molecular complexity index is 471. The molecule has 1 aromatic carbocycles. The van der Waals surface area contributed by atoms with Crippen molar-refractivity contribution in [2.45, 2.75) is 0 Å². The largest absolute Gasteiger partial charge is 0.411 e. The molecule has 2 rings (SSSR count). The van der Waals surface area contributed by atoms with Gasteiger partial charge in [0.25, 0.3) is 0 Å². The number of halogens is 1. The Morgan fingerprint density at radius 1 is 1.06 bits per heavy atom. The zero-order valence-corrected chi connectivity index (χ0v) is 9.26. The van der Waals surface area contributed by atoms with E-state index in [0.29, 0.717) is 0 Å². The molecule has 0 unspecified atom stereocenters. The predicted octanol–water partition coefficient (Wildman–Crippen LogP) is 2.98. The minimum absolute atomic E-state index is 0. The molecule has 1 aromatic heterocycles. The maximum Gasteiger partial charge on any atom is 0.0734 e. The van der Waals surface area contributed by atoms with Crippen LogP contribution in [0.3, 0.4) is 0 Å². The van der Waals surface area contributed by atoms with Gasteiger partial charge in [-0.15, -0.1) is 12.4 Å². The minimum atomic E-state index is 0. The fourth-order valence-corrected chi connectivity index (χ4v) is 1.41. The molecule has 0 aliphatic heterocycles. The third-order valence-corrected chi connectivity index (χ3v) is 2.11. The first-order valence-corrected chi connectivity index (χ1v) is 4.58. The minimum Gasteiger partial charge on any atom is -0.411 e. The van der Waals surface area contributed by atoms with Gasteiger partial charge in [0.2, 0.25) is 0 Å². The van der Waals surface area contributed by atoms with Gasteiger partial charge in [0.15, 0.2) is 0 Å². The SMILES string of the molecule is Cl.ON=Cc1cccc(-c2ccncc2)c1. The van der Waals surface area contributed by atoms with Crippen molar-refractivity contribution in [2.75, 3.05) is 0 Å². The summed E-state index contributed by atoms with van der Waals surface area (Å²) in [4.78, 5) is 3.96. The zero-order valence-electron chi connectivity index (χ0n) is 8.45. The first kappa shape index (κ1) is 12.2. The fourth-order valence-electron chi connectivity index (χ4n) is 1.41. The molecular weight excluding hydrogens is 224 g/mol. The van der Waals surface area contributed by atoms with Gasteiger partial charge in [-0.05, 0) is 34.9 Å². The van der Waals surface area contributed by atoms with Crippen molar-refractivity contribution in [1.29, 1.82) is 0 Å². The van der Waals surface area contributed by atoms with E-state index in [4.69, 9.17) is 5.21 Å². The molecule has 3 nitrogen and oxygen atoms in total. The molecule has 0 radical (unpaired) electrons. The number of pyridine rings is 1. The molecule has 0 saturated heterocycles. The molecule has 0 aliphatic rings. The normalized spacial score (nSPS) is 10.0. The summed E-state index contributed by atoms with van der Waals surface area (Å²) < 4.78 is 0. The van der Waals surface area contributed by atoms with Gasteiger partial charge in [0.1, 0.15) is 0 Å². The molecular formula is C12H11ClN2O. The number of hydrogen-bond donors (Lipinski definition) is 1. The highest BCUT2D eigenvalue weighted by Gasteiger charge is 1.96. The van der Waals surface area contributed by atoms with Crippen molar-refractivity contribution in [3.8, 4) is 11.1 Å². The van der Waals surface area contributed by atoms with Crippen LogP contribution in [0.5, 0.6) is 0 Å². The summed E-state index contributed by atoms with van der Waals surface area (Å²) in [5, 5.41) is 11.4. The first-order chi connectivity index (χ1) is 7.40. The first-order valence-electron chi connectivity index (χ1n) is 4.58. The number of oxime groups is 1. The van der Waals surface area contributed by atoms with E-state index in [1.807, 2.05) is 36.4 Å². The van der Waals surface area contributed by atoms with Crippen LogP contribution < -0.4 is 0 Å². The maximum absolute atomic E-state index is 8.44.